The molecular weight excluding hydrogens is 403 g/mol. The maximum atomic E-state index is 11.7. The van der Waals surface area contributed by atoms with Crippen LogP contribution >= 0.6 is 23.2 Å². The average molecular weight is 415 g/mol. The SMILES string of the molecule is NC(N)=NC(N)=Nc1cc(Cl)cc2c1[nH]c1c(S(=O)(=O)O)cc(Cl)cc12. The first-order chi connectivity index (χ1) is 12.1. The molecule has 0 aliphatic heterocycles. The number of guanidine groups is 2. The Morgan fingerprint density at radius 3 is 2.15 bits per heavy atom. The Bertz CT molecular complexity index is 1210. The molecule has 0 aliphatic carbocycles. The number of nitrogens with one attached hydrogen (secondary N) is 1. The second kappa shape index (κ2) is 6.32. The molecule has 0 saturated carbocycles. The van der Waals surface area contributed by atoms with Crippen LogP contribution in [-0.2, 0) is 10.1 Å². The highest BCUT2D eigenvalue weighted by atomic mass is 35.5. The third-order valence-corrected chi connectivity index (χ3v) is 4.76. The molecular formula is C14H12Cl2N6O3S. The van der Waals surface area contributed by atoms with Crippen LogP contribution in [0.4, 0.5) is 5.69 Å². The Morgan fingerprint density at radius 2 is 1.58 bits per heavy atom. The molecule has 8 N–H and O–H groups in total. The van der Waals surface area contributed by atoms with Crippen molar-refractivity contribution in [3.05, 3.63) is 34.3 Å². The first-order valence-electron chi connectivity index (χ1n) is 6.92. The minimum atomic E-state index is -4.53. The van der Waals surface area contributed by atoms with Gasteiger partial charge in [-0.2, -0.15) is 13.4 Å². The molecule has 0 bridgehead atoms. The number of halogens is 2. The van der Waals surface area contributed by atoms with E-state index < -0.39 is 10.1 Å². The monoisotopic (exact) mass is 414 g/mol. The summed E-state index contributed by atoms with van der Waals surface area (Å²) >= 11 is 12.1. The Morgan fingerprint density at radius 1 is 1.00 bits per heavy atom. The molecule has 9 nitrogen and oxygen atoms in total. The molecule has 1 heterocycles. The highest BCUT2D eigenvalue weighted by Gasteiger charge is 2.20. The first kappa shape index (κ1) is 18.3. The number of aliphatic imine (C=N–C) groups is 2. The topological polar surface area (TPSA) is 173 Å². The molecule has 0 saturated heterocycles. The van der Waals surface area contributed by atoms with Gasteiger partial charge in [0.25, 0.3) is 10.1 Å². The van der Waals surface area contributed by atoms with Crippen LogP contribution in [0.25, 0.3) is 21.8 Å². The van der Waals surface area contributed by atoms with Crippen molar-refractivity contribution < 1.29 is 13.0 Å². The van der Waals surface area contributed by atoms with Crippen LogP contribution in [0.5, 0.6) is 0 Å². The van der Waals surface area contributed by atoms with E-state index in [1.54, 1.807) is 6.07 Å². The Kier molecular flexibility index (Phi) is 4.44. The zero-order chi connectivity index (χ0) is 19.2. The van der Waals surface area contributed by atoms with Gasteiger partial charge in [0.1, 0.15) is 4.90 Å². The summed E-state index contributed by atoms with van der Waals surface area (Å²) in [5.74, 6) is -0.498. The van der Waals surface area contributed by atoms with Gasteiger partial charge in [0, 0.05) is 20.8 Å². The van der Waals surface area contributed by atoms with Gasteiger partial charge >= 0.3 is 0 Å². The molecule has 0 atom stereocenters. The predicted octanol–water partition coefficient (Wildman–Crippen LogP) is 2.09. The second-order valence-electron chi connectivity index (χ2n) is 5.28. The van der Waals surface area contributed by atoms with E-state index >= 15 is 0 Å². The lowest BCUT2D eigenvalue weighted by molar-refractivity contribution is 0.484. The predicted molar refractivity (Wildman–Crippen MR) is 103 cm³/mol. The van der Waals surface area contributed by atoms with Crippen LogP contribution < -0.4 is 17.2 Å². The number of fused-ring (bicyclic) bond motifs is 3. The maximum Gasteiger partial charge on any atom is 0.296 e. The molecule has 1 aromatic heterocycles. The fourth-order valence-corrected chi connectivity index (χ4v) is 3.75. The third kappa shape index (κ3) is 3.40. The fourth-order valence-electron chi connectivity index (χ4n) is 2.56. The molecule has 136 valence electrons. The molecule has 12 heteroatoms. The number of aromatic nitrogens is 1. The van der Waals surface area contributed by atoms with Crippen LogP contribution in [0.1, 0.15) is 0 Å². The molecule has 0 spiro atoms. The van der Waals surface area contributed by atoms with Crippen molar-refractivity contribution in [2.45, 2.75) is 4.90 Å². The van der Waals surface area contributed by atoms with Crippen molar-refractivity contribution in [2.24, 2.45) is 27.2 Å². The summed E-state index contributed by atoms with van der Waals surface area (Å²) in [4.78, 5) is 10.2. The van der Waals surface area contributed by atoms with Crippen molar-refractivity contribution in [3.63, 3.8) is 0 Å². The normalized spacial score (nSPS) is 12.7. The van der Waals surface area contributed by atoms with E-state index in [0.717, 1.165) is 6.07 Å². The lowest BCUT2D eigenvalue weighted by Gasteiger charge is -2.01. The Labute approximate surface area is 157 Å². The number of H-pyrrole nitrogens is 1. The molecule has 0 aliphatic rings. The van der Waals surface area contributed by atoms with Crippen molar-refractivity contribution >= 4 is 72.7 Å². The molecule has 3 rings (SSSR count). The highest BCUT2D eigenvalue weighted by Crippen LogP contribution is 2.38. The largest absolute Gasteiger partial charge is 0.370 e. The van der Waals surface area contributed by atoms with Crippen molar-refractivity contribution in [2.75, 3.05) is 0 Å². The van der Waals surface area contributed by atoms with Crippen LogP contribution in [0.3, 0.4) is 0 Å². The van der Waals surface area contributed by atoms with E-state index in [0.29, 0.717) is 21.3 Å². The number of nitrogens with two attached hydrogens (primary N) is 3. The summed E-state index contributed by atoms with van der Waals surface area (Å²) in [6.45, 7) is 0. The van der Waals surface area contributed by atoms with Gasteiger partial charge in [-0.3, -0.25) is 4.55 Å². The van der Waals surface area contributed by atoms with Gasteiger partial charge in [0.2, 0.25) is 5.96 Å². The van der Waals surface area contributed by atoms with Crippen LogP contribution in [-0.4, -0.2) is 29.9 Å². The van der Waals surface area contributed by atoms with E-state index in [4.69, 9.17) is 40.4 Å². The number of aromatic amines is 1. The lowest BCUT2D eigenvalue weighted by atomic mass is 10.1. The summed E-state index contributed by atoms with van der Waals surface area (Å²) in [6.07, 6.45) is 0. The summed E-state index contributed by atoms with van der Waals surface area (Å²) in [7, 11) is -4.53. The zero-order valence-electron chi connectivity index (χ0n) is 12.9. The quantitative estimate of drug-likeness (QED) is 0.243. The highest BCUT2D eigenvalue weighted by molar-refractivity contribution is 7.86. The van der Waals surface area contributed by atoms with Crippen LogP contribution in [0, 0.1) is 0 Å². The molecule has 3 aromatic rings. The average Bonchev–Trinajstić information content (AvgIpc) is 2.83. The number of benzene rings is 2. The fraction of sp³-hybridized carbons (Fsp3) is 0. The van der Waals surface area contributed by atoms with Gasteiger partial charge in [0.05, 0.1) is 16.7 Å². The van der Waals surface area contributed by atoms with Crippen molar-refractivity contribution in [1.82, 2.24) is 4.98 Å². The second-order valence-corrected chi connectivity index (χ2v) is 7.54. The van der Waals surface area contributed by atoms with E-state index in [9.17, 15) is 13.0 Å². The summed E-state index contributed by atoms with van der Waals surface area (Å²) in [6, 6.07) is 5.75. The Hall–Kier alpha value is -2.53. The van der Waals surface area contributed by atoms with Gasteiger partial charge < -0.3 is 22.2 Å². The molecule has 0 fully saturated rings. The molecule has 0 unspecified atom stereocenters. The number of nitrogens with zero attached hydrogens (tertiary/aromatic N) is 2. The first-order valence-corrected chi connectivity index (χ1v) is 9.11. The molecule has 2 aromatic carbocycles. The summed E-state index contributed by atoms with van der Waals surface area (Å²) in [5, 5.41) is 1.38. The number of hydrogen-bond donors (Lipinski definition) is 5. The Balaban J connectivity index is 2.44. The van der Waals surface area contributed by atoms with Crippen molar-refractivity contribution in [1.29, 1.82) is 0 Å². The van der Waals surface area contributed by atoms with E-state index in [1.165, 1.54) is 12.1 Å². The number of hydrogen-bond acceptors (Lipinski definition) is 3. The minimum absolute atomic E-state index is 0.121. The van der Waals surface area contributed by atoms with Crippen LogP contribution in [0.2, 0.25) is 10.0 Å². The van der Waals surface area contributed by atoms with E-state index in [-0.39, 0.29) is 33.0 Å². The lowest BCUT2D eigenvalue weighted by Crippen LogP contribution is -2.26. The standard InChI is InChI=1S/C14H12Cl2N6O3S/c15-5-1-7-8-2-6(16)4-10(26(23,24)25)12(8)21-11(7)9(3-5)20-14(19)22-13(17)18/h1-4,21H,(H,23,24,25)(H6,17,18,19,20,22). The van der Waals surface area contributed by atoms with Crippen molar-refractivity contribution in [3.8, 4) is 0 Å². The summed E-state index contributed by atoms with van der Waals surface area (Å²) in [5.41, 5.74) is 17.0. The van der Waals surface area contributed by atoms with Gasteiger partial charge in [-0.15, -0.1) is 0 Å². The van der Waals surface area contributed by atoms with E-state index in [2.05, 4.69) is 15.0 Å². The molecule has 26 heavy (non-hydrogen) atoms. The maximum absolute atomic E-state index is 11.7. The third-order valence-electron chi connectivity index (χ3n) is 3.45. The van der Waals surface area contributed by atoms with Crippen LogP contribution in [0.15, 0.2) is 39.1 Å². The minimum Gasteiger partial charge on any atom is -0.370 e. The van der Waals surface area contributed by atoms with Gasteiger partial charge in [0.15, 0.2) is 5.96 Å². The zero-order valence-corrected chi connectivity index (χ0v) is 15.2. The molecule has 0 amide bonds. The van der Waals surface area contributed by atoms with Gasteiger partial charge in [-0.1, -0.05) is 23.2 Å². The van der Waals surface area contributed by atoms with Gasteiger partial charge in [-0.25, -0.2) is 4.99 Å². The van der Waals surface area contributed by atoms with Gasteiger partial charge in [-0.05, 0) is 24.3 Å². The number of rotatable bonds is 2. The molecule has 0 radical (unpaired) electrons. The summed E-state index contributed by atoms with van der Waals surface area (Å²) < 4.78 is 32.8. The van der Waals surface area contributed by atoms with E-state index in [1.807, 2.05) is 0 Å². The smallest absolute Gasteiger partial charge is 0.296 e.